The van der Waals surface area contributed by atoms with E-state index in [-0.39, 0.29) is 25.2 Å². The van der Waals surface area contributed by atoms with Crippen molar-refractivity contribution in [3.05, 3.63) is 27.7 Å². The Morgan fingerprint density at radius 1 is 1.36 bits per heavy atom. The number of benzene rings is 1. The highest BCUT2D eigenvalue weighted by Crippen LogP contribution is 2.27. The Bertz CT molecular complexity index is 524. The Hall–Kier alpha value is -1.27. The molecule has 1 atom stereocenters. The molecular formula is C15H19BrClNO4. The number of ether oxygens (including phenoxy) is 2. The van der Waals surface area contributed by atoms with Crippen molar-refractivity contribution >= 4 is 39.4 Å². The van der Waals surface area contributed by atoms with Crippen molar-refractivity contribution in [3.8, 4) is 5.75 Å². The molecule has 0 saturated heterocycles. The second kappa shape index (κ2) is 9.69. The van der Waals surface area contributed by atoms with Crippen molar-refractivity contribution < 1.29 is 19.1 Å². The van der Waals surface area contributed by atoms with Crippen LogP contribution in [-0.4, -0.2) is 31.1 Å². The van der Waals surface area contributed by atoms with Gasteiger partial charge in [0.25, 0.3) is 5.91 Å². The quantitative estimate of drug-likeness (QED) is 0.689. The molecule has 0 spiro atoms. The van der Waals surface area contributed by atoms with Gasteiger partial charge in [0.05, 0.1) is 4.47 Å². The van der Waals surface area contributed by atoms with Crippen LogP contribution in [0.15, 0.2) is 22.7 Å². The van der Waals surface area contributed by atoms with E-state index in [0.29, 0.717) is 15.2 Å². The highest BCUT2D eigenvalue weighted by molar-refractivity contribution is 9.10. The fourth-order valence-electron chi connectivity index (χ4n) is 1.74. The summed E-state index contributed by atoms with van der Waals surface area (Å²) < 4.78 is 10.8. The molecule has 0 aliphatic carbocycles. The Morgan fingerprint density at radius 2 is 2.09 bits per heavy atom. The molecule has 7 heteroatoms. The molecule has 0 aromatic heterocycles. The number of hydrogen-bond donors (Lipinski definition) is 1. The Kier molecular flexibility index (Phi) is 8.27. The van der Waals surface area contributed by atoms with Crippen LogP contribution in [0.4, 0.5) is 0 Å². The summed E-state index contributed by atoms with van der Waals surface area (Å²) in [7, 11) is 0. The summed E-state index contributed by atoms with van der Waals surface area (Å²) in [5.74, 6) is -0.454. The summed E-state index contributed by atoms with van der Waals surface area (Å²) in [6.07, 6.45) is 1.86. The number of carbonyl (C=O) groups is 2. The molecule has 0 bridgehead atoms. The van der Waals surface area contributed by atoms with E-state index in [1.807, 2.05) is 13.8 Å². The third-order valence-electron chi connectivity index (χ3n) is 2.73. The van der Waals surface area contributed by atoms with Crippen molar-refractivity contribution in [2.45, 2.75) is 32.7 Å². The van der Waals surface area contributed by atoms with Crippen LogP contribution in [0, 0.1) is 0 Å². The zero-order valence-corrected chi connectivity index (χ0v) is 14.9. The second-order valence-corrected chi connectivity index (χ2v) is 6.07. The van der Waals surface area contributed by atoms with E-state index >= 15 is 0 Å². The Morgan fingerprint density at radius 3 is 2.73 bits per heavy atom. The van der Waals surface area contributed by atoms with E-state index < -0.39 is 5.97 Å². The van der Waals surface area contributed by atoms with E-state index in [4.69, 9.17) is 21.1 Å². The standard InChI is InChI=1S/C15H19BrClNO4/c1-3-4-10(2)18-14(19)8-22-15(20)9-21-13-6-5-11(17)7-12(13)16/h5-7,10H,3-4,8-9H2,1-2H3,(H,18,19)/t10-/m0/s1. The molecule has 22 heavy (non-hydrogen) atoms. The molecular weight excluding hydrogens is 374 g/mol. The number of nitrogens with one attached hydrogen (secondary N) is 1. The SMILES string of the molecule is CCC[C@H](C)NC(=O)COC(=O)COc1ccc(Cl)cc1Br. The van der Waals surface area contributed by atoms with Gasteiger partial charge in [-0.1, -0.05) is 24.9 Å². The topological polar surface area (TPSA) is 64.6 Å². The molecule has 0 fully saturated rings. The zero-order valence-electron chi connectivity index (χ0n) is 12.5. The van der Waals surface area contributed by atoms with Crippen molar-refractivity contribution in [2.75, 3.05) is 13.2 Å². The van der Waals surface area contributed by atoms with Crippen LogP contribution >= 0.6 is 27.5 Å². The summed E-state index contributed by atoms with van der Waals surface area (Å²) >= 11 is 9.08. The highest BCUT2D eigenvalue weighted by atomic mass is 79.9. The minimum absolute atomic E-state index is 0.0671. The Balaban J connectivity index is 2.30. The number of esters is 1. The monoisotopic (exact) mass is 391 g/mol. The highest BCUT2D eigenvalue weighted by Gasteiger charge is 2.11. The summed E-state index contributed by atoms with van der Waals surface area (Å²) in [6, 6.07) is 5.01. The van der Waals surface area contributed by atoms with Gasteiger partial charge in [-0.15, -0.1) is 0 Å². The minimum Gasteiger partial charge on any atom is -0.481 e. The molecule has 0 radical (unpaired) electrons. The van der Waals surface area contributed by atoms with Crippen LogP contribution in [0.5, 0.6) is 5.75 Å². The van der Waals surface area contributed by atoms with Crippen LogP contribution in [0.1, 0.15) is 26.7 Å². The molecule has 0 heterocycles. The predicted octanol–water partition coefficient (Wildman–Crippen LogP) is 3.33. The number of amides is 1. The van der Waals surface area contributed by atoms with Gasteiger partial charge in [-0.05, 0) is 47.5 Å². The number of carbonyl (C=O) groups excluding carboxylic acids is 2. The van der Waals surface area contributed by atoms with E-state index in [1.54, 1.807) is 18.2 Å². The first-order chi connectivity index (χ1) is 10.4. The maximum Gasteiger partial charge on any atom is 0.344 e. The average molecular weight is 393 g/mol. The summed E-state index contributed by atoms with van der Waals surface area (Å²) in [5.41, 5.74) is 0. The maximum absolute atomic E-state index is 11.5. The van der Waals surface area contributed by atoms with Gasteiger partial charge in [-0.25, -0.2) is 4.79 Å². The molecule has 122 valence electrons. The lowest BCUT2D eigenvalue weighted by Gasteiger charge is -2.13. The van der Waals surface area contributed by atoms with E-state index in [9.17, 15) is 9.59 Å². The van der Waals surface area contributed by atoms with Gasteiger partial charge >= 0.3 is 5.97 Å². The first-order valence-electron chi connectivity index (χ1n) is 6.95. The average Bonchev–Trinajstić information content (AvgIpc) is 2.44. The molecule has 5 nitrogen and oxygen atoms in total. The van der Waals surface area contributed by atoms with Gasteiger partial charge in [0.15, 0.2) is 13.2 Å². The first-order valence-corrected chi connectivity index (χ1v) is 8.12. The van der Waals surface area contributed by atoms with Gasteiger partial charge in [0.2, 0.25) is 0 Å². The fraction of sp³-hybridized carbons (Fsp3) is 0.467. The van der Waals surface area contributed by atoms with Crippen LogP contribution in [0.3, 0.4) is 0 Å². The molecule has 0 aliphatic heterocycles. The fourth-order valence-corrected chi connectivity index (χ4v) is 2.54. The molecule has 1 aromatic carbocycles. The summed E-state index contributed by atoms with van der Waals surface area (Å²) in [5, 5.41) is 3.30. The third kappa shape index (κ3) is 7.13. The van der Waals surface area contributed by atoms with Crippen LogP contribution in [-0.2, 0) is 14.3 Å². The largest absolute Gasteiger partial charge is 0.481 e. The third-order valence-corrected chi connectivity index (χ3v) is 3.59. The van der Waals surface area contributed by atoms with Gasteiger partial charge in [0, 0.05) is 11.1 Å². The summed E-state index contributed by atoms with van der Waals surface area (Å²) in [4.78, 5) is 23.1. The van der Waals surface area contributed by atoms with Crippen LogP contribution < -0.4 is 10.1 Å². The van der Waals surface area contributed by atoms with E-state index in [2.05, 4.69) is 21.2 Å². The molecule has 1 rings (SSSR count). The molecule has 1 N–H and O–H groups in total. The van der Waals surface area contributed by atoms with Crippen molar-refractivity contribution in [3.63, 3.8) is 0 Å². The molecule has 0 unspecified atom stereocenters. The van der Waals surface area contributed by atoms with Crippen molar-refractivity contribution in [1.82, 2.24) is 5.32 Å². The van der Waals surface area contributed by atoms with Gasteiger partial charge in [-0.2, -0.15) is 0 Å². The zero-order chi connectivity index (χ0) is 16.5. The Labute approximate surface area is 143 Å². The van der Waals surface area contributed by atoms with E-state index in [1.165, 1.54) is 0 Å². The summed E-state index contributed by atoms with van der Waals surface area (Å²) in [6.45, 7) is 3.36. The minimum atomic E-state index is -0.611. The van der Waals surface area contributed by atoms with E-state index in [0.717, 1.165) is 12.8 Å². The number of rotatable bonds is 8. The van der Waals surface area contributed by atoms with Gasteiger partial charge in [-0.3, -0.25) is 4.79 Å². The lowest BCUT2D eigenvalue weighted by atomic mass is 10.2. The van der Waals surface area contributed by atoms with Gasteiger partial charge < -0.3 is 14.8 Å². The normalized spacial score (nSPS) is 11.6. The molecule has 1 amide bonds. The first kappa shape index (κ1) is 18.8. The lowest BCUT2D eigenvalue weighted by molar-refractivity contribution is -0.150. The molecule has 0 saturated carbocycles. The maximum atomic E-state index is 11.5. The van der Waals surface area contributed by atoms with Crippen molar-refractivity contribution in [2.24, 2.45) is 0 Å². The number of hydrogen-bond acceptors (Lipinski definition) is 4. The van der Waals surface area contributed by atoms with Crippen LogP contribution in [0.25, 0.3) is 0 Å². The van der Waals surface area contributed by atoms with Gasteiger partial charge in [0.1, 0.15) is 5.75 Å². The predicted molar refractivity (Wildman–Crippen MR) is 88.1 cm³/mol. The second-order valence-electron chi connectivity index (χ2n) is 4.78. The molecule has 0 aliphatic rings. The number of halogens is 2. The molecule has 1 aromatic rings. The lowest BCUT2D eigenvalue weighted by Crippen LogP contribution is -2.36. The van der Waals surface area contributed by atoms with Crippen molar-refractivity contribution in [1.29, 1.82) is 0 Å². The smallest absolute Gasteiger partial charge is 0.344 e. The van der Waals surface area contributed by atoms with Crippen LogP contribution in [0.2, 0.25) is 5.02 Å².